The molecule has 4 nitrogen and oxygen atoms in total. The Morgan fingerprint density at radius 2 is 0.448 bits per heavy atom. The number of hydrogen-bond acceptors (Lipinski definition) is 4. The molecule has 0 bridgehead atoms. The lowest BCUT2D eigenvalue weighted by Crippen LogP contribution is -1.62. The van der Waals surface area contributed by atoms with Crippen LogP contribution < -0.4 is 0 Å². The molecule has 0 unspecified atom stereocenters. The molecule has 29 heavy (non-hydrogen) atoms. The van der Waals surface area contributed by atoms with Gasteiger partial charge >= 0.3 is 0 Å². The highest BCUT2D eigenvalue weighted by molar-refractivity contribution is 5.85. The van der Waals surface area contributed by atoms with Gasteiger partial charge in [-0.1, -0.05) is 72.8 Å². The third-order valence-electron chi connectivity index (χ3n) is 3.59. The zero-order valence-corrected chi connectivity index (χ0v) is 16.6. The van der Waals surface area contributed by atoms with Crippen molar-refractivity contribution in [1.82, 2.24) is 0 Å². The molecule has 0 N–H and O–H groups in total. The van der Waals surface area contributed by atoms with Crippen molar-refractivity contribution in [3.8, 4) is 0 Å². The summed E-state index contributed by atoms with van der Waals surface area (Å²) < 4.78 is 0. The molecule has 0 fully saturated rings. The summed E-state index contributed by atoms with van der Waals surface area (Å²) in [5.74, 6) is 0. The Labute approximate surface area is 177 Å². The number of halogens is 1. The van der Waals surface area contributed by atoms with Crippen LogP contribution in [0, 0.1) is 0 Å². The van der Waals surface area contributed by atoms with Crippen molar-refractivity contribution in [2.45, 2.75) is 0 Å². The van der Waals surface area contributed by atoms with Crippen molar-refractivity contribution in [2.75, 3.05) is 0 Å². The third kappa shape index (κ3) is 8.28. The normalized spacial score (nSPS) is 10.2. The highest BCUT2D eigenvalue weighted by atomic mass is 35.5. The van der Waals surface area contributed by atoms with E-state index in [1.54, 1.807) is 0 Å². The zero-order valence-electron chi connectivity index (χ0n) is 15.7. The van der Waals surface area contributed by atoms with E-state index in [-0.39, 0.29) is 12.4 Å². The number of hydrogen-bond donors (Lipinski definition) is 0. The second-order valence-corrected chi connectivity index (χ2v) is 5.74. The van der Waals surface area contributed by atoms with Crippen molar-refractivity contribution in [2.24, 2.45) is 20.5 Å². The molecule has 4 aromatic rings. The van der Waals surface area contributed by atoms with Gasteiger partial charge in [-0.05, 0) is 48.5 Å². The highest BCUT2D eigenvalue weighted by Crippen LogP contribution is 2.17. The summed E-state index contributed by atoms with van der Waals surface area (Å²) in [7, 11) is 0. The van der Waals surface area contributed by atoms with Crippen LogP contribution in [0.1, 0.15) is 0 Å². The highest BCUT2D eigenvalue weighted by Gasteiger charge is 1.87. The van der Waals surface area contributed by atoms with Gasteiger partial charge in [0.05, 0.1) is 22.7 Å². The summed E-state index contributed by atoms with van der Waals surface area (Å²) >= 11 is 0. The second-order valence-electron chi connectivity index (χ2n) is 5.74. The lowest BCUT2D eigenvalue weighted by molar-refractivity contribution is 1.23. The summed E-state index contributed by atoms with van der Waals surface area (Å²) in [6.07, 6.45) is 0. The van der Waals surface area contributed by atoms with Gasteiger partial charge in [-0.2, -0.15) is 20.5 Å². The van der Waals surface area contributed by atoms with Gasteiger partial charge in [0.25, 0.3) is 0 Å². The Balaban J connectivity index is 0.000000200. The van der Waals surface area contributed by atoms with E-state index >= 15 is 0 Å². The van der Waals surface area contributed by atoms with Crippen LogP contribution in [-0.2, 0) is 0 Å². The van der Waals surface area contributed by atoms with Gasteiger partial charge in [0.1, 0.15) is 0 Å². The number of benzene rings is 4. The molecule has 0 aliphatic rings. The van der Waals surface area contributed by atoms with E-state index in [4.69, 9.17) is 0 Å². The third-order valence-corrected chi connectivity index (χ3v) is 3.59. The Morgan fingerprint density at radius 3 is 0.621 bits per heavy atom. The molecule has 144 valence electrons. The molecule has 0 radical (unpaired) electrons. The van der Waals surface area contributed by atoms with Crippen molar-refractivity contribution in [3.05, 3.63) is 121 Å². The molecule has 0 aliphatic heterocycles. The maximum atomic E-state index is 4.10. The Bertz CT molecular complexity index is 822. The van der Waals surface area contributed by atoms with Crippen molar-refractivity contribution >= 4 is 35.2 Å². The SMILES string of the molecule is Cl.c1ccc(N=Nc2ccccc2)cc1.c1ccc(N=Nc2ccccc2)cc1. The van der Waals surface area contributed by atoms with Crippen molar-refractivity contribution < 1.29 is 0 Å². The molecule has 0 saturated carbocycles. The van der Waals surface area contributed by atoms with Crippen LogP contribution in [0.25, 0.3) is 0 Å². The van der Waals surface area contributed by atoms with Crippen molar-refractivity contribution in [3.63, 3.8) is 0 Å². The smallest absolute Gasteiger partial charge is 0.0857 e. The monoisotopic (exact) mass is 400 g/mol. The standard InChI is InChI=1S/2C12H10N2.ClH/c2*1-3-7-11(8-4-1)13-14-12-9-5-2-6-10-12;/h2*1-10H;1H. The maximum Gasteiger partial charge on any atom is 0.0857 e. The Hall–Kier alpha value is -3.63. The van der Waals surface area contributed by atoms with Gasteiger partial charge < -0.3 is 0 Å². The topological polar surface area (TPSA) is 49.4 Å². The molecule has 0 aliphatic carbocycles. The van der Waals surface area contributed by atoms with Crippen LogP contribution >= 0.6 is 12.4 Å². The molecule has 0 amide bonds. The predicted molar refractivity (Wildman–Crippen MR) is 121 cm³/mol. The quantitative estimate of drug-likeness (QED) is 0.308. The lowest BCUT2D eigenvalue weighted by Gasteiger charge is -1.91. The summed E-state index contributed by atoms with van der Waals surface area (Å²) in [6.45, 7) is 0. The van der Waals surface area contributed by atoms with Gasteiger partial charge in [-0.25, -0.2) is 0 Å². The molecule has 4 aromatic carbocycles. The predicted octanol–water partition coefficient (Wildman–Crippen LogP) is 8.63. The van der Waals surface area contributed by atoms with Gasteiger partial charge in [-0.3, -0.25) is 0 Å². The second kappa shape index (κ2) is 12.7. The van der Waals surface area contributed by atoms with Crippen LogP contribution in [0.2, 0.25) is 0 Å². The zero-order chi connectivity index (χ0) is 19.3. The van der Waals surface area contributed by atoms with E-state index in [1.807, 2.05) is 121 Å². The first-order valence-corrected chi connectivity index (χ1v) is 8.94. The van der Waals surface area contributed by atoms with E-state index in [0.717, 1.165) is 22.7 Å². The van der Waals surface area contributed by atoms with Crippen LogP contribution in [-0.4, -0.2) is 0 Å². The number of azo groups is 2. The van der Waals surface area contributed by atoms with Crippen LogP contribution in [0.15, 0.2) is 142 Å². The van der Waals surface area contributed by atoms with E-state index in [9.17, 15) is 0 Å². The molecule has 0 heterocycles. The van der Waals surface area contributed by atoms with Crippen molar-refractivity contribution in [1.29, 1.82) is 0 Å². The van der Waals surface area contributed by atoms with E-state index in [1.165, 1.54) is 0 Å². The number of nitrogens with zero attached hydrogens (tertiary/aromatic N) is 4. The maximum absolute atomic E-state index is 4.10. The van der Waals surface area contributed by atoms with Gasteiger partial charge in [0.2, 0.25) is 0 Å². The molecule has 0 aromatic heterocycles. The van der Waals surface area contributed by atoms with E-state index < -0.39 is 0 Å². The van der Waals surface area contributed by atoms with Crippen LogP contribution in [0.5, 0.6) is 0 Å². The van der Waals surface area contributed by atoms with Gasteiger partial charge in [-0.15, -0.1) is 12.4 Å². The fourth-order valence-corrected chi connectivity index (χ4v) is 2.21. The molecule has 0 saturated heterocycles. The van der Waals surface area contributed by atoms with E-state index in [0.29, 0.717) is 0 Å². The number of rotatable bonds is 4. The average molecular weight is 401 g/mol. The first-order valence-electron chi connectivity index (χ1n) is 8.94. The summed E-state index contributed by atoms with van der Waals surface area (Å²) in [5.41, 5.74) is 3.49. The molecule has 5 heteroatoms. The molecule has 4 rings (SSSR count). The lowest BCUT2D eigenvalue weighted by atomic mass is 10.3. The largest absolute Gasteiger partial charge is 0.151 e. The van der Waals surface area contributed by atoms with Crippen LogP contribution in [0.4, 0.5) is 22.7 Å². The molecule has 0 atom stereocenters. The summed E-state index contributed by atoms with van der Waals surface area (Å²) in [6, 6.07) is 38.8. The minimum atomic E-state index is 0. The van der Waals surface area contributed by atoms with E-state index in [2.05, 4.69) is 20.5 Å². The van der Waals surface area contributed by atoms with Gasteiger partial charge in [0.15, 0.2) is 0 Å². The molecule has 0 spiro atoms. The fourth-order valence-electron chi connectivity index (χ4n) is 2.21. The summed E-state index contributed by atoms with van der Waals surface area (Å²) in [5, 5.41) is 16.4. The summed E-state index contributed by atoms with van der Waals surface area (Å²) in [4.78, 5) is 0. The van der Waals surface area contributed by atoms with Gasteiger partial charge in [0, 0.05) is 0 Å². The molecular weight excluding hydrogens is 380 g/mol. The minimum absolute atomic E-state index is 0. The van der Waals surface area contributed by atoms with Crippen LogP contribution in [0.3, 0.4) is 0 Å². The Kier molecular flexibility index (Phi) is 9.49. The fraction of sp³-hybridized carbons (Fsp3) is 0. The first-order chi connectivity index (χ1) is 13.9. The average Bonchev–Trinajstić information content (AvgIpc) is 2.80. The Morgan fingerprint density at radius 1 is 0.276 bits per heavy atom. The first kappa shape index (κ1) is 21.7. The molecular formula is C24H21ClN4. The minimum Gasteiger partial charge on any atom is -0.151 e.